The molecule has 3 rings (SSSR count). The molecule has 4 atom stereocenters. The van der Waals surface area contributed by atoms with Gasteiger partial charge in [0.1, 0.15) is 11.4 Å². The lowest BCUT2D eigenvalue weighted by Gasteiger charge is -2.33. The van der Waals surface area contributed by atoms with E-state index < -0.39 is 34.9 Å². The zero-order valence-corrected chi connectivity index (χ0v) is 16.5. The van der Waals surface area contributed by atoms with Gasteiger partial charge in [-0.05, 0) is 38.5 Å². The number of ether oxygens (including phenoxy) is 1. The number of anilines is 2. The largest absolute Gasteiger partial charge is 0.444 e. The fourth-order valence-corrected chi connectivity index (χ4v) is 4.58. The third kappa shape index (κ3) is 3.01. The zero-order valence-electron chi connectivity index (χ0n) is 16.5. The number of Topliss-reactive ketones (excluding diaryl/α,β-unsaturated/α-hetero) is 1. The second kappa shape index (κ2) is 6.77. The summed E-state index contributed by atoms with van der Waals surface area (Å²) in [4.78, 5) is 38.1. The van der Waals surface area contributed by atoms with E-state index in [4.69, 9.17) is 10.5 Å². The fourth-order valence-electron chi connectivity index (χ4n) is 4.58. The Hall–Kier alpha value is -2.61. The van der Waals surface area contributed by atoms with Crippen LogP contribution >= 0.6 is 0 Å². The Bertz CT molecular complexity index is 832. The summed E-state index contributed by atoms with van der Waals surface area (Å²) in [6.07, 6.45) is -0.644. The van der Waals surface area contributed by atoms with Gasteiger partial charge in [0.05, 0.1) is 5.41 Å². The van der Waals surface area contributed by atoms with Crippen molar-refractivity contribution in [3.8, 4) is 0 Å². The Morgan fingerprint density at radius 3 is 2.64 bits per heavy atom. The van der Waals surface area contributed by atoms with Gasteiger partial charge in [0.2, 0.25) is 5.91 Å². The minimum Gasteiger partial charge on any atom is -0.444 e. The second-order valence-electron chi connectivity index (χ2n) is 8.53. The van der Waals surface area contributed by atoms with Crippen molar-refractivity contribution in [1.29, 1.82) is 0 Å². The predicted molar refractivity (Wildman–Crippen MR) is 104 cm³/mol. The molecule has 5 N–H and O–H groups in total. The van der Waals surface area contributed by atoms with Crippen LogP contribution in [0.3, 0.4) is 0 Å². The van der Waals surface area contributed by atoms with Crippen molar-refractivity contribution in [1.82, 2.24) is 5.32 Å². The summed E-state index contributed by atoms with van der Waals surface area (Å²) in [5.41, 5.74) is 5.68. The summed E-state index contributed by atoms with van der Waals surface area (Å²) in [7, 11) is 0. The summed E-state index contributed by atoms with van der Waals surface area (Å²) in [6.45, 7) is 6.55. The summed E-state index contributed by atoms with van der Waals surface area (Å²) < 4.78 is 5.22. The van der Waals surface area contributed by atoms with E-state index in [1.807, 2.05) is 0 Å². The lowest BCUT2D eigenvalue weighted by atomic mass is 9.67. The molecule has 0 bridgehead atoms. The lowest BCUT2D eigenvalue weighted by molar-refractivity contribution is -0.128. The molecule has 152 valence electrons. The van der Waals surface area contributed by atoms with Gasteiger partial charge >= 0.3 is 6.09 Å². The standard InChI is InChI=1S/C20H27N3O5/c1-10-16(25)12(8-22-18(27)28-19(2,3)4)14(9-24)20(10)13-6-5-11(21)7-15(13)23-17(20)26/h5-7,10,12,14,24H,8-9,21H2,1-4H3,(H,22,27)(H,23,26)/t10-,12+,14+,20+/m1/s1. The van der Waals surface area contributed by atoms with Crippen LogP contribution in [0.1, 0.15) is 33.3 Å². The Morgan fingerprint density at radius 2 is 2.04 bits per heavy atom. The molecule has 2 amide bonds. The van der Waals surface area contributed by atoms with Gasteiger partial charge in [0, 0.05) is 42.3 Å². The van der Waals surface area contributed by atoms with Crippen molar-refractivity contribution >= 4 is 29.2 Å². The van der Waals surface area contributed by atoms with E-state index in [1.165, 1.54) is 0 Å². The molecule has 1 heterocycles. The number of carbonyl (C=O) groups excluding carboxylic acids is 3. The maximum absolute atomic E-state index is 13.0. The number of hydrogen-bond acceptors (Lipinski definition) is 6. The zero-order chi connectivity index (χ0) is 20.9. The number of fused-ring (bicyclic) bond motifs is 2. The second-order valence-corrected chi connectivity index (χ2v) is 8.53. The Morgan fingerprint density at radius 1 is 1.36 bits per heavy atom. The van der Waals surface area contributed by atoms with Crippen LogP contribution in [0.25, 0.3) is 0 Å². The molecule has 1 aromatic carbocycles. The van der Waals surface area contributed by atoms with Gasteiger partial charge in [-0.15, -0.1) is 0 Å². The molecule has 1 fully saturated rings. The number of aliphatic hydroxyl groups excluding tert-OH is 1. The average Bonchev–Trinajstić information content (AvgIpc) is 2.98. The highest BCUT2D eigenvalue weighted by Gasteiger charge is 2.65. The number of amides is 2. The maximum Gasteiger partial charge on any atom is 0.407 e. The minimum absolute atomic E-state index is 0.0113. The van der Waals surface area contributed by atoms with Crippen LogP contribution < -0.4 is 16.4 Å². The Balaban J connectivity index is 1.92. The minimum atomic E-state index is -1.19. The number of carbonyl (C=O) groups is 3. The molecular formula is C20H27N3O5. The first-order valence-electron chi connectivity index (χ1n) is 9.35. The first kappa shape index (κ1) is 20.1. The van der Waals surface area contributed by atoms with Gasteiger partial charge in [0.25, 0.3) is 0 Å². The molecule has 8 nitrogen and oxygen atoms in total. The number of nitrogens with two attached hydrogens (primary N) is 1. The number of alkyl carbamates (subject to hydrolysis) is 1. The van der Waals surface area contributed by atoms with Gasteiger partial charge in [-0.3, -0.25) is 9.59 Å². The molecule has 28 heavy (non-hydrogen) atoms. The molecular weight excluding hydrogens is 362 g/mol. The van der Waals surface area contributed by atoms with Crippen molar-refractivity contribution in [2.24, 2.45) is 17.8 Å². The molecule has 1 aliphatic heterocycles. The summed E-state index contributed by atoms with van der Waals surface area (Å²) in [6, 6.07) is 5.07. The van der Waals surface area contributed by atoms with Crippen LogP contribution in [0.4, 0.5) is 16.2 Å². The fraction of sp³-hybridized carbons (Fsp3) is 0.550. The van der Waals surface area contributed by atoms with Crippen LogP contribution in [-0.2, 0) is 19.7 Å². The van der Waals surface area contributed by atoms with Gasteiger partial charge in [-0.2, -0.15) is 0 Å². The number of nitrogen functional groups attached to an aromatic ring is 1. The van der Waals surface area contributed by atoms with Crippen molar-refractivity contribution < 1.29 is 24.2 Å². The van der Waals surface area contributed by atoms with Crippen LogP contribution in [0.15, 0.2) is 18.2 Å². The average molecular weight is 389 g/mol. The highest BCUT2D eigenvalue weighted by atomic mass is 16.6. The first-order valence-corrected chi connectivity index (χ1v) is 9.35. The van der Waals surface area contributed by atoms with Crippen LogP contribution in [0, 0.1) is 17.8 Å². The molecule has 0 unspecified atom stereocenters. The summed E-state index contributed by atoms with van der Waals surface area (Å²) in [5.74, 6) is -2.53. The SMILES string of the molecule is C[C@@H]1C(=O)[C@@H](CNC(=O)OC(C)(C)C)[C@H](CO)[C@]12C(=O)Nc1cc(N)ccc12. The number of nitrogens with one attached hydrogen (secondary N) is 2. The van der Waals surface area contributed by atoms with Crippen LogP contribution in [0.2, 0.25) is 0 Å². The maximum atomic E-state index is 13.0. The Labute approximate surface area is 163 Å². The third-order valence-corrected chi connectivity index (χ3v) is 5.72. The summed E-state index contributed by atoms with van der Waals surface area (Å²) in [5, 5.41) is 15.6. The highest BCUT2D eigenvalue weighted by Crippen LogP contribution is 2.56. The van der Waals surface area contributed by atoms with E-state index in [9.17, 15) is 19.5 Å². The molecule has 0 radical (unpaired) electrons. The van der Waals surface area contributed by atoms with Crippen molar-refractivity contribution in [2.45, 2.75) is 38.7 Å². The molecule has 8 heteroatoms. The molecule has 1 saturated carbocycles. The quantitative estimate of drug-likeness (QED) is 0.579. The molecule has 2 aliphatic rings. The molecule has 1 spiro atoms. The number of rotatable bonds is 3. The van der Waals surface area contributed by atoms with Gasteiger partial charge < -0.3 is 26.2 Å². The van der Waals surface area contributed by atoms with Crippen molar-refractivity contribution in [3.05, 3.63) is 23.8 Å². The van der Waals surface area contributed by atoms with E-state index in [0.29, 0.717) is 16.9 Å². The Kier molecular flexibility index (Phi) is 4.87. The monoisotopic (exact) mass is 389 g/mol. The molecule has 0 aromatic heterocycles. The number of ketones is 1. The van der Waals surface area contributed by atoms with E-state index in [1.54, 1.807) is 45.9 Å². The molecule has 0 saturated heterocycles. The summed E-state index contributed by atoms with van der Waals surface area (Å²) >= 11 is 0. The van der Waals surface area contributed by atoms with Crippen molar-refractivity contribution in [2.75, 3.05) is 24.2 Å². The molecule has 1 aliphatic carbocycles. The van der Waals surface area contributed by atoms with E-state index in [-0.39, 0.29) is 24.8 Å². The van der Waals surface area contributed by atoms with E-state index >= 15 is 0 Å². The topological polar surface area (TPSA) is 131 Å². The number of hydrogen-bond donors (Lipinski definition) is 4. The normalized spacial score (nSPS) is 29.0. The van der Waals surface area contributed by atoms with E-state index in [0.717, 1.165) is 0 Å². The lowest BCUT2D eigenvalue weighted by Crippen LogP contribution is -2.46. The van der Waals surface area contributed by atoms with Crippen LogP contribution in [0.5, 0.6) is 0 Å². The predicted octanol–water partition coefficient (Wildman–Crippen LogP) is 1.43. The molecule has 1 aromatic rings. The van der Waals surface area contributed by atoms with Crippen molar-refractivity contribution in [3.63, 3.8) is 0 Å². The third-order valence-electron chi connectivity index (χ3n) is 5.72. The van der Waals surface area contributed by atoms with Crippen LogP contribution in [-0.4, -0.2) is 41.6 Å². The smallest absolute Gasteiger partial charge is 0.407 e. The van der Waals surface area contributed by atoms with Gasteiger partial charge in [-0.1, -0.05) is 13.0 Å². The van der Waals surface area contributed by atoms with Gasteiger partial charge in [0.15, 0.2) is 0 Å². The number of aliphatic hydroxyl groups is 1. The van der Waals surface area contributed by atoms with E-state index in [2.05, 4.69) is 10.6 Å². The van der Waals surface area contributed by atoms with Gasteiger partial charge in [-0.25, -0.2) is 4.79 Å². The highest BCUT2D eigenvalue weighted by molar-refractivity contribution is 6.12. The first-order chi connectivity index (χ1) is 13.0. The number of benzene rings is 1.